The Labute approximate surface area is 89.9 Å². The van der Waals surface area contributed by atoms with Crippen LogP contribution in [0, 0.1) is 5.82 Å². The highest BCUT2D eigenvalue weighted by Gasteiger charge is 2.05. The summed E-state index contributed by atoms with van der Waals surface area (Å²) in [6, 6.07) is 4.16. The second kappa shape index (κ2) is 4.91. The van der Waals surface area contributed by atoms with E-state index in [1.165, 1.54) is 19.2 Å². The van der Waals surface area contributed by atoms with Crippen LogP contribution in [0.1, 0.15) is 15.9 Å². The number of benzene rings is 1. The third-order valence-electron chi connectivity index (χ3n) is 1.66. The van der Waals surface area contributed by atoms with Gasteiger partial charge in [-0.25, -0.2) is 4.39 Å². The zero-order chi connectivity index (χ0) is 10.6. The maximum Gasteiger partial charge on any atom is 0.251 e. The van der Waals surface area contributed by atoms with E-state index in [2.05, 4.69) is 21.2 Å². The summed E-state index contributed by atoms with van der Waals surface area (Å²) < 4.78 is 13.0. The molecule has 0 saturated carbocycles. The second-order valence-electron chi connectivity index (χ2n) is 2.65. The first-order valence-electron chi connectivity index (χ1n) is 3.97. The van der Waals surface area contributed by atoms with Crippen LogP contribution in [0.2, 0.25) is 0 Å². The van der Waals surface area contributed by atoms with Gasteiger partial charge in [-0.1, -0.05) is 15.9 Å². The smallest absolute Gasteiger partial charge is 0.251 e. The molecule has 1 N–H and O–H groups in total. The van der Waals surface area contributed by atoms with Gasteiger partial charge in [-0.3, -0.25) is 4.79 Å². The number of carbonyl (C=O) groups is 1. The minimum Gasteiger partial charge on any atom is -0.355 e. The average Bonchev–Trinajstić information content (AvgIpc) is 2.16. The highest BCUT2D eigenvalue weighted by atomic mass is 79.9. The number of halogens is 2. The lowest BCUT2D eigenvalue weighted by Gasteiger charge is -2.01. The Hall–Kier alpha value is -1.16. The van der Waals surface area contributed by atoms with Crippen molar-refractivity contribution in [1.29, 1.82) is 0 Å². The Morgan fingerprint density at radius 3 is 2.79 bits per heavy atom. The van der Waals surface area contributed by atoms with Crippen molar-refractivity contribution in [2.75, 3.05) is 7.05 Å². The Balaban J connectivity index is 3.13. The number of rotatable bonds is 2. The van der Waals surface area contributed by atoms with Gasteiger partial charge in [0.1, 0.15) is 5.82 Å². The fourth-order valence-electron chi connectivity index (χ4n) is 1.06. The molecule has 14 heavy (non-hydrogen) atoms. The van der Waals surface area contributed by atoms with Crippen molar-refractivity contribution in [2.24, 2.45) is 0 Å². The van der Waals surface area contributed by atoms with E-state index >= 15 is 0 Å². The summed E-state index contributed by atoms with van der Waals surface area (Å²) in [6.45, 7) is 0. The van der Waals surface area contributed by atoms with Crippen LogP contribution in [-0.4, -0.2) is 13.0 Å². The Bertz CT molecular complexity index is 376. The molecule has 1 aromatic carbocycles. The van der Waals surface area contributed by atoms with Crippen LogP contribution in [0.4, 0.5) is 4.39 Å². The standard InChI is InChI=1S/C10H9BrFNO/c1-13-10(14)8-4-7(2-3-11)5-9(12)6-8/h2-6H,1H3,(H,13,14). The maximum atomic E-state index is 13.0. The molecule has 0 radical (unpaired) electrons. The van der Waals surface area contributed by atoms with Gasteiger partial charge in [-0.2, -0.15) is 0 Å². The molecular weight excluding hydrogens is 249 g/mol. The maximum absolute atomic E-state index is 13.0. The van der Waals surface area contributed by atoms with Crippen LogP contribution >= 0.6 is 15.9 Å². The molecule has 0 spiro atoms. The number of hydrogen-bond acceptors (Lipinski definition) is 1. The van der Waals surface area contributed by atoms with E-state index in [1.54, 1.807) is 17.1 Å². The molecule has 0 fully saturated rings. The molecule has 0 aromatic heterocycles. The molecular formula is C10H9BrFNO. The number of carbonyl (C=O) groups excluding carboxylic acids is 1. The van der Waals surface area contributed by atoms with Gasteiger partial charge in [0.05, 0.1) is 0 Å². The molecule has 2 nitrogen and oxygen atoms in total. The van der Waals surface area contributed by atoms with Gasteiger partial charge in [-0.15, -0.1) is 0 Å². The van der Waals surface area contributed by atoms with Crippen LogP contribution in [-0.2, 0) is 0 Å². The van der Waals surface area contributed by atoms with E-state index in [4.69, 9.17) is 0 Å². The first kappa shape index (κ1) is 10.9. The van der Waals surface area contributed by atoms with E-state index in [-0.39, 0.29) is 5.91 Å². The molecule has 0 aliphatic carbocycles. The minimum absolute atomic E-state index is 0.297. The van der Waals surface area contributed by atoms with Gasteiger partial charge in [-0.05, 0) is 34.8 Å². The van der Waals surface area contributed by atoms with Crippen LogP contribution in [0.5, 0.6) is 0 Å². The van der Waals surface area contributed by atoms with Crippen LogP contribution in [0.3, 0.4) is 0 Å². The summed E-state index contributed by atoms with van der Waals surface area (Å²) in [7, 11) is 1.51. The number of nitrogens with one attached hydrogen (secondary N) is 1. The molecule has 4 heteroatoms. The Morgan fingerprint density at radius 2 is 2.21 bits per heavy atom. The monoisotopic (exact) mass is 257 g/mol. The lowest BCUT2D eigenvalue weighted by atomic mass is 10.1. The van der Waals surface area contributed by atoms with Crippen molar-refractivity contribution >= 4 is 27.9 Å². The molecule has 1 rings (SSSR count). The zero-order valence-corrected chi connectivity index (χ0v) is 9.14. The highest BCUT2D eigenvalue weighted by Crippen LogP contribution is 2.11. The fourth-order valence-corrected chi connectivity index (χ4v) is 1.36. The minimum atomic E-state index is -0.424. The van der Waals surface area contributed by atoms with E-state index in [9.17, 15) is 9.18 Å². The summed E-state index contributed by atoms with van der Waals surface area (Å²) in [4.78, 5) is 12.8. The van der Waals surface area contributed by atoms with E-state index < -0.39 is 5.82 Å². The van der Waals surface area contributed by atoms with E-state index in [1.807, 2.05) is 0 Å². The Morgan fingerprint density at radius 1 is 1.50 bits per heavy atom. The first-order chi connectivity index (χ1) is 6.67. The largest absolute Gasteiger partial charge is 0.355 e. The molecule has 0 aliphatic rings. The molecule has 74 valence electrons. The highest BCUT2D eigenvalue weighted by molar-refractivity contribution is 9.11. The van der Waals surface area contributed by atoms with Crippen molar-refractivity contribution in [3.8, 4) is 0 Å². The van der Waals surface area contributed by atoms with Gasteiger partial charge in [0.15, 0.2) is 0 Å². The first-order valence-corrected chi connectivity index (χ1v) is 4.88. The van der Waals surface area contributed by atoms with Crippen molar-refractivity contribution < 1.29 is 9.18 Å². The van der Waals surface area contributed by atoms with Gasteiger partial charge in [0, 0.05) is 12.6 Å². The van der Waals surface area contributed by atoms with Crippen molar-refractivity contribution in [2.45, 2.75) is 0 Å². The lowest BCUT2D eigenvalue weighted by Crippen LogP contribution is -2.17. The quantitative estimate of drug-likeness (QED) is 0.867. The summed E-state index contributed by atoms with van der Waals surface area (Å²) in [5, 5.41) is 2.44. The Kier molecular flexibility index (Phi) is 3.83. The summed E-state index contributed by atoms with van der Waals surface area (Å²) in [6.07, 6.45) is 1.66. The van der Waals surface area contributed by atoms with Crippen LogP contribution in [0.25, 0.3) is 6.08 Å². The molecule has 0 unspecified atom stereocenters. The van der Waals surface area contributed by atoms with E-state index in [0.717, 1.165) is 0 Å². The molecule has 0 atom stereocenters. The van der Waals surface area contributed by atoms with Crippen molar-refractivity contribution in [1.82, 2.24) is 5.32 Å². The van der Waals surface area contributed by atoms with Crippen molar-refractivity contribution in [3.05, 3.63) is 40.1 Å². The van der Waals surface area contributed by atoms with Gasteiger partial charge in [0.2, 0.25) is 0 Å². The van der Waals surface area contributed by atoms with Crippen molar-refractivity contribution in [3.63, 3.8) is 0 Å². The molecule has 0 aliphatic heterocycles. The second-order valence-corrected chi connectivity index (χ2v) is 3.17. The number of amides is 1. The fraction of sp³-hybridized carbons (Fsp3) is 0.100. The third-order valence-corrected chi connectivity index (χ3v) is 1.93. The molecule has 0 heterocycles. The normalized spacial score (nSPS) is 10.5. The predicted octanol–water partition coefficient (Wildman–Crippen LogP) is 2.55. The SMILES string of the molecule is CNC(=O)c1cc(F)cc(C=CBr)c1. The average molecular weight is 258 g/mol. The summed E-state index contributed by atoms with van der Waals surface area (Å²) >= 11 is 3.09. The molecule has 1 amide bonds. The molecule has 0 saturated heterocycles. The van der Waals surface area contributed by atoms with Gasteiger partial charge < -0.3 is 5.32 Å². The summed E-state index contributed by atoms with van der Waals surface area (Å²) in [5.74, 6) is -0.722. The molecule has 0 bridgehead atoms. The third kappa shape index (κ3) is 2.67. The van der Waals surface area contributed by atoms with Gasteiger partial charge >= 0.3 is 0 Å². The van der Waals surface area contributed by atoms with Gasteiger partial charge in [0.25, 0.3) is 5.91 Å². The molecule has 1 aromatic rings. The number of hydrogen-bond donors (Lipinski definition) is 1. The van der Waals surface area contributed by atoms with E-state index in [0.29, 0.717) is 11.1 Å². The lowest BCUT2D eigenvalue weighted by molar-refractivity contribution is 0.0962. The zero-order valence-electron chi connectivity index (χ0n) is 7.55. The topological polar surface area (TPSA) is 29.1 Å². The predicted molar refractivity (Wildman–Crippen MR) is 57.8 cm³/mol. The van der Waals surface area contributed by atoms with Crippen LogP contribution in [0.15, 0.2) is 23.2 Å². The summed E-state index contributed by atoms with van der Waals surface area (Å²) in [5.41, 5.74) is 0.952. The van der Waals surface area contributed by atoms with Crippen LogP contribution < -0.4 is 5.32 Å².